The summed E-state index contributed by atoms with van der Waals surface area (Å²) in [7, 11) is 0. The highest BCUT2D eigenvalue weighted by Gasteiger charge is 2.03. The molecule has 1 aromatic rings. The Morgan fingerprint density at radius 1 is 1.50 bits per heavy atom. The van der Waals surface area contributed by atoms with Gasteiger partial charge < -0.3 is 11.1 Å². The second kappa shape index (κ2) is 4.66. The average Bonchev–Trinajstić information content (AvgIpc) is 2.16. The molecule has 0 bridgehead atoms. The van der Waals surface area contributed by atoms with Crippen LogP contribution in [-0.2, 0) is 0 Å². The predicted octanol–water partition coefficient (Wildman–Crippen LogP) is 0.626. The maximum atomic E-state index is 5.51. The Balaban J connectivity index is 2.51. The van der Waals surface area contributed by atoms with E-state index >= 15 is 0 Å². The Kier molecular flexibility index (Phi) is 3.47. The molecule has 0 amide bonds. The maximum absolute atomic E-state index is 5.51. The minimum Gasteiger partial charge on any atom is -0.350 e. The van der Waals surface area contributed by atoms with Crippen molar-refractivity contribution in [3.63, 3.8) is 0 Å². The lowest BCUT2D eigenvalue weighted by Crippen LogP contribution is -2.28. The summed E-state index contributed by atoms with van der Waals surface area (Å²) in [6, 6.07) is 2.06. The first-order valence-electron chi connectivity index (χ1n) is 4.10. The van der Waals surface area contributed by atoms with Gasteiger partial charge in [0.25, 0.3) is 0 Å². The van der Waals surface area contributed by atoms with Crippen LogP contribution >= 0.6 is 0 Å². The van der Waals surface area contributed by atoms with Crippen molar-refractivity contribution < 1.29 is 0 Å². The van der Waals surface area contributed by atoms with E-state index in [0.29, 0.717) is 12.5 Å². The molecule has 0 saturated carbocycles. The number of anilines is 1. The van der Waals surface area contributed by atoms with E-state index in [4.69, 9.17) is 5.73 Å². The molecule has 0 aliphatic carbocycles. The molecule has 4 heteroatoms. The van der Waals surface area contributed by atoms with E-state index in [0.717, 1.165) is 6.42 Å². The molecule has 3 N–H and O–H groups in total. The van der Waals surface area contributed by atoms with Crippen LogP contribution in [0.1, 0.15) is 13.3 Å². The molecular formula is C8H14N4. The molecule has 1 unspecified atom stereocenters. The molecule has 0 aliphatic rings. The zero-order valence-electron chi connectivity index (χ0n) is 7.20. The summed E-state index contributed by atoms with van der Waals surface area (Å²) >= 11 is 0. The summed E-state index contributed by atoms with van der Waals surface area (Å²) in [6.07, 6.45) is 4.39. The van der Waals surface area contributed by atoms with Gasteiger partial charge in [0.1, 0.15) is 0 Å². The van der Waals surface area contributed by atoms with Crippen molar-refractivity contribution in [2.45, 2.75) is 19.4 Å². The van der Waals surface area contributed by atoms with Crippen LogP contribution in [0, 0.1) is 0 Å². The topological polar surface area (TPSA) is 63.8 Å². The molecule has 66 valence electrons. The number of hydrogen-bond donors (Lipinski definition) is 2. The van der Waals surface area contributed by atoms with Crippen molar-refractivity contribution in [2.24, 2.45) is 5.73 Å². The first-order chi connectivity index (χ1) is 5.86. The van der Waals surface area contributed by atoms with E-state index in [1.54, 1.807) is 18.5 Å². The normalized spacial score (nSPS) is 12.5. The molecule has 1 atom stereocenters. The Morgan fingerprint density at radius 2 is 2.17 bits per heavy atom. The third kappa shape index (κ3) is 2.47. The van der Waals surface area contributed by atoms with E-state index < -0.39 is 0 Å². The summed E-state index contributed by atoms with van der Waals surface area (Å²) in [5.74, 6) is 0.648. The van der Waals surface area contributed by atoms with Gasteiger partial charge in [-0.05, 0) is 12.5 Å². The van der Waals surface area contributed by atoms with Gasteiger partial charge in [-0.15, -0.1) is 0 Å². The molecular weight excluding hydrogens is 152 g/mol. The number of nitrogens with one attached hydrogen (secondary N) is 1. The quantitative estimate of drug-likeness (QED) is 0.688. The lowest BCUT2D eigenvalue weighted by atomic mass is 10.2. The molecule has 0 saturated heterocycles. The molecule has 0 aromatic carbocycles. The summed E-state index contributed by atoms with van der Waals surface area (Å²) < 4.78 is 0. The van der Waals surface area contributed by atoms with Crippen molar-refractivity contribution in [1.29, 1.82) is 0 Å². The number of hydrogen-bond acceptors (Lipinski definition) is 4. The van der Waals surface area contributed by atoms with E-state index in [1.165, 1.54) is 0 Å². The number of nitrogens with two attached hydrogens (primary N) is 1. The van der Waals surface area contributed by atoms with Crippen molar-refractivity contribution in [3.05, 3.63) is 18.5 Å². The lowest BCUT2D eigenvalue weighted by Gasteiger charge is -2.13. The molecule has 0 aliphatic heterocycles. The summed E-state index contributed by atoms with van der Waals surface area (Å²) in [6.45, 7) is 2.68. The van der Waals surface area contributed by atoms with E-state index in [2.05, 4.69) is 22.2 Å². The Hall–Kier alpha value is -1.16. The first-order valence-corrected chi connectivity index (χ1v) is 4.10. The zero-order valence-corrected chi connectivity index (χ0v) is 7.20. The van der Waals surface area contributed by atoms with Crippen LogP contribution in [0.5, 0.6) is 0 Å². The van der Waals surface area contributed by atoms with Crippen LogP contribution < -0.4 is 11.1 Å². The van der Waals surface area contributed by atoms with Crippen molar-refractivity contribution >= 4 is 5.95 Å². The third-order valence-electron chi connectivity index (χ3n) is 1.68. The van der Waals surface area contributed by atoms with Gasteiger partial charge in [-0.25, -0.2) is 9.97 Å². The minimum absolute atomic E-state index is 0.271. The Labute approximate surface area is 72.2 Å². The monoisotopic (exact) mass is 166 g/mol. The van der Waals surface area contributed by atoms with Crippen LogP contribution in [-0.4, -0.2) is 22.6 Å². The number of aromatic nitrogens is 2. The largest absolute Gasteiger partial charge is 0.350 e. The fourth-order valence-corrected chi connectivity index (χ4v) is 0.884. The van der Waals surface area contributed by atoms with Gasteiger partial charge in [0.2, 0.25) is 5.95 Å². The summed E-state index contributed by atoms with van der Waals surface area (Å²) in [5.41, 5.74) is 5.51. The minimum atomic E-state index is 0.271. The van der Waals surface area contributed by atoms with Crippen LogP contribution in [0.3, 0.4) is 0 Å². The van der Waals surface area contributed by atoms with Crippen LogP contribution in [0.15, 0.2) is 18.5 Å². The van der Waals surface area contributed by atoms with Crippen LogP contribution in [0.25, 0.3) is 0 Å². The summed E-state index contributed by atoms with van der Waals surface area (Å²) in [5, 5.41) is 3.13. The molecule has 1 heterocycles. The summed E-state index contributed by atoms with van der Waals surface area (Å²) in [4.78, 5) is 8.07. The maximum Gasteiger partial charge on any atom is 0.222 e. The zero-order chi connectivity index (χ0) is 8.81. The van der Waals surface area contributed by atoms with Gasteiger partial charge >= 0.3 is 0 Å². The molecule has 12 heavy (non-hydrogen) atoms. The van der Waals surface area contributed by atoms with Crippen molar-refractivity contribution in [1.82, 2.24) is 9.97 Å². The van der Waals surface area contributed by atoms with Crippen LogP contribution in [0.2, 0.25) is 0 Å². The highest BCUT2D eigenvalue weighted by Crippen LogP contribution is 1.99. The van der Waals surface area contributed by atoms with Gasteiger partial charge in [0, 0.05) is 25.0 Å². The van der Waals surface area contributed by atoms with E-state index in [9.17, 15) is 0 Å². The lowest BCUT2D eigenvalue weighted by molar-refractivity contribution is 0.695. The molecule has 0 fully saturated rings. The van der Waals surface area contributed by atoms with E-state index in [-0.39, 0.29) is 6.04 Å². The van der Waals surface area contributed by atoms with Crippen molar-refractivity contribution in [3.8, 4) is 0 Å². The highest BCUT2D eigenvalue weighted by molar-refractivity contribution is 5.23. The second-order valence-corrected chi connectivity index (χ2v) is 2.56. The van der Waals surface area contributed by atoms with E-state index in [1.807, 2.05) is 0 Å². The number of rotatable bonds is 4. The highest BCUT2D eigenvalue weighted by atomic mass is 15.1. The first kappa shape index (κ1) is 8.93. The SMILES string of the molecule is CCC(CN)Nc1ncccn1. The molecule has 1 rings (SSSR count). The van der Waals surface area contributed by atoms with Gasteiger partial charge in [-0.3, -0.25) is 0 Å². The average molecular weight is 166 g/mol. The third-order valence-corrected chi connectivity index (χ3v) is 1.68. The molecule has 0 radical (unpaired) electrons. The van der Waals surface area contributed by atoms with Gasteiger partial charge in [-0.1, -0.05) is 6.92 Å². The van der Waals surface area contributed by atoms with Crippen molar-refractivity contribution in [2.75, 3.05) is 11.9 Å². The van der Waals surface area contributed by atoms with Gasteiger partial charge in [0.05, 0.1) is 0 Å². The van der Waals surface area contributed by atoms with Crippen LogP contribution in [0.4, 0.5) is 5.95 Å². The molecule has 4 nitrogen and oxygen atoms in total. The second-order valence-electron chi connectivity index (χ2n) is 2.56. The van der Waals surface area contributed by atoms with Gasteiger partial charge in [-0.2, -0.15) is 0 Å². The van der Waals surface area contributed by atoms with Gasteiger partial charge in [0.15, 0.2) is 0 Å². The standard InChI is InChI=1S/C8H14N4/c1-2-7(6-9)12-8-10-4-3-5-11-8/h3-5,7H,2,6,9H2,1H3,(H,10,11,12). The fraction of sp³-hybridized carbons (Fsp3) is 0.500. The Morgan fingerprint density at radius 3 is 2.67 bits per heavy atom. The molecule has 1 aromatic heterocycles. The number of nitrogens with zero attached hydrogens (tertiary/aromatic N) is 2. The predicted molar refractivity (Wildman–Crippen MR) is 48.8 cm³/mol. The fourth-order valence-electron chi connectivity index (χ4n) is 0.884. The smallest absolute Gasteiger partial charge is 0.222 e. The Bertz CT molecular complexity index is 208. The molecule has 0 spiro atoms.